The molecule has 1 atom stereocenters. The fraction of sp³-hybridized carbons (Fsp3) is 0.471. The zero-order chi connectivity index (χ0) is 13.8. The van der Waals surface area contributed by atoms with Crippen LogP contribution in [0.5, 0.6) is 0 Å². The first-order chi connectivity index (χ1) is 9.81. The summed E-state index contributed by atoms with van der Waals surface area (Å²) in [5.41, 5.74) is 2.56. The van der Waals surface area contributed by atoms with E-state index in [2.05, 4.69) is 47.8 Å². The Labute approximate surface area is 121 Å². The lowest BCUT2D eigenvalue weighted by molar-refractivity contribution is 0.461. The van der Waals surface area contributed by atoms with Gasteiger partial charge in [0, 0.05) is 18.3 Å². The average Bonchev–Trinajstić information content (AvgIpc) is 3.23. The van der Waals surface area contributed by atoms with Gasteiger partial charge in [-0.2, -0.15) is 5.10 Å². The smallest absolute Gasteiger partial charge is 0.0659 e. The van der Waals surface area contributed by atoms with E-state index in [0.717, 1.165) is 31.5 Å². The summed E-state index contributed by atoms with van der Waals surface area (Å²) in [5, 5.41) is 7.98. The molecule has 1 N–H and O–H groups in total. The molecule has 2 aromatic rings. The summed E-state index contributed by atoms with van der Waals surface area (Å²) < 4.78 is 2.01. The molecular formula is C17H23N3. The summed E-state index contributed by atoms with van der Waals surface area (Å²) in [4.78, 5) is 0. The Morgan fingerprint density at radius 1 is 1.25 bits per heavy atom. The van der Waals surface area contributed by atoms with E-state index in [1.54, 1.807) is 0 Å². The molecule has 0 bridgehead atoms. The van der Waals surface area contributed by atoms with Crippen LogP contribution in [0.25, 0.3) is 0 Å². The van der Waals surface area contributed by atoms with Gasteiger partial charge in [-0.15, -0.1) is 0 Å². The summed E-state index contributed by atoms with van der Waals surface area (Å²) in [6.45, 7) is 5.24. The van der Waals surface area contributed by atoms with Gasteiger partial charge in [0.2, 0.25) is 0 Å². The minimum absolute atomic E-state index is 0.814. The van der Waals surface area contributed by atoms with Crippen molar-refractivity contribution in [3.8, 4) is 0 Å². The summed E-state index contributed by atoms with van der Waals surface area (Å²) in [6.07, 6.45) is 6.97. The maximum absolute atomic E-state index is 4.43. The highest BCUT2D eigenvalue weighted by Gasteiger charge is 2.27. The molecule has 0 radical (unpaired) electrons. The van der Waals surface area contributed by atoms with Gasteiger partial charge in [-0.05, 0) is 36.8 Å². The Hall–Kier alpha value is -1.61. The van der Waals surface area contributed by atoms with Crippen molar-refractivity contribution in [1.29, 1.82) is 0 Å². The largest absolute Gasteiger partial charge is 0.312 e. The number of aromatic nitrogens is 2. The quantitative estimate of drug-likeness (QED) is 0.837. The topological polar surface area (TPSA) is 29.9 Å². The minimum Gasteiger partial charge on any atom is -0.312 e. The molecule has 1 saturated carbocycles. The molecule has 1 aromatic heterocycles. The fourth-order valence-electron chi connectivity index (χ4n) is 2.63. The molecule has 1 aromatic carbocycles. The summed E-state index contributed by atoms with van der Waals surface area (Å²) in [6, 6.07) is 10.5. The van der Waals surface area contributed by atoms with E-state index in [1.807, 2.05) is 16.9 Å². The second kappa shape index (κ2) is 6.23. The van der Waals surface area contributed by atoms with Gasteiger partial charge in [0.1, 0.15) is 0 Å². The molecule has 1 unspecified atom stereocenters. The molecule has 3 heteroatoms. The van der Waals surface area contributed by atoms with Gasteiger partial charge in [0.25, 0.3) is 0 Å². The second-order valence-corrected chi connectivity index (χ2v) is 5.98. The third kappa shape index (κ3) is 3.70. The van der Waals surface area contributed by atoms with Crippen LogP contribution in [0.1, 0.15) is 30.9 Å². The Morgan fingerprint density at radius 3 is 2.80 bits per heavy atom. The SMILES string of the molecule is CC(CNCc1cnn(Cc2ccccc2)c1)C1CC1. The lowest BCUT2D eigenvalue weighted by atomic mass is 10.1. The van der Waals surface area contributed by atoms with Crippen LogP contribution in [0.4, 0.5) is 0 Å². The third-order valence-corrected chi connectivity index (χ3v) is 4.10. The Balaban J connectivity index is 1.46. The van der Waals surface area contributed by atoms with Gasteiger partial charge in [0.15, 0.2) is 0 Å². The van der Waals surface area contributed by atoms with Gasteiger partial charge < -0.3 is 5.32 Å². The standard InChI is InChI=1S/C17H23N3/c1-14(17-7-8-17)9-18-10-16-11-19-20(13-16)12-15-5-3-2-4-6-15/h2-6,11,13-14,17-18H,7-10,12H2,1H3. The predicted molar refractivity (Wildman–Crippen MR) is 81.4 cm³/mol. The van der Waals surface area contributed by atoms with E-state index in [9.17, 15) is 0 Å². The predicted octanol–water partition coefficient (Wildman–Crippen LogP) is 3.07. The monoisotopic (exact) mass is 269 g/mol. The molecule has 1 aliphatic rings. The van der Waals surface area contributed by atoms with Crippen molar-refractivity contribution in [1.82, 2.24) is 15.1 Å². The number of benzene rings is 1. The summed E-state index contributed by atoms with van der Waals surface area (Å²) >= 11 is 0. The molecule has 0 amide bonds. The van der Waals surface area contributed by atoms with Gasteiger partial charge >= 0.3 is 0 Å². The third-order valence-electron chi connectivity index (χ3n) is 4.10. The Morgan fingerprint density at radius 2 is 2.05 bits per heavy atom. The van der Waals surface area contributed by atoms with Crippen molar-refractivity contribution in [2.75, 3.05) is 6.54 Å². The fourth-order valence-corrected chi connectivity index (χ4v) is 2.63. The average molecular weight is 269 g/mol. The highest BCUT2D eigenvalue weighted by atomic mass is 15.3. The van der Waals surface area contributed by atoms with E-state index in [0.29, 0.717) is 0 Å². The van der Waals surface area contributed by atoms with Crippen molar-refractivity contribution >= 4 is 0 Å². The first kappa shape index (κ1) is 13.4. The van der Waals surface area contributed by atoms with Crippen molar-refractivity contribution in [2.45, 2.75) is 32.9 Å². The van der Waals surface area contributed by atoms with E-state index in [1.165, 1.54) is 24.0 Å². The van der Waals surface area contributed by atoms with Gasteiger partial charge in [0.05, 0.1) is 12.7 Å². The van der Waals surface area contributed by atoms with Crippen LogP contribution in [0, 0.1) is 11.8 Å². The van der Waals surface area contributed by atoms with E-state index < -0.39 is 0 Å². The molecule has 106 valence electrons. The van der Waals surface area contributed by atoms with Crippen molar-refractivity contribution in [2.24, 2.45) is 11.8 Å². The van der Waals surface area contributed by atoms with Crippen molar-refractivity contribution in [3.63, 3.8) is 0 Å². The van der Waals surface area contributed by atoms with Crippen LogP contribution in [0.3, 0.4) is 0 Å². The number of nitrogens with one attached hydrogen (secondary N) is 1. The summed E-state index contributed by atoms with van der Waals surface area (Å²) in [7, 11) is 0. The normalized spacial score (nSPS) is 16.2. The molecule has 3 nitrogen and oxygen atoms in total. The summed E-state index contributed by atoms with van der Waals surface area (Å²) in [5.74, 6) is 1.79. The van der Waals surface area contributed by atoms with Crippen LogP contribution in [0.2, 0.25) is 0 Å². The Kier molecular flexibility index (Phi) is 4.16. The van der Waals surface area contributed by atoms with Crippen LogP contribution >= 0.6 is 0 Å². The van der Waals surface area contributed by atoms with E-state index >= 15 is 0 Å². The molecule has 20 heavy (non-hydrogen) atoms. The Bertz CT molecular complexity index is 528. The van der Waals surface area contributed by atoms with Crippen LogP contribution in [-0.2, 0) is 13.1 Å². The first-order valence-corrected chi connectivity index (χ1v) is 7.57. The maximum atomic E-state index is 4.43. The molecule has 0 saturated heterocycles. The molecule has 1 aliphatic carbocycles. The minimum atomic E-state index is 0.814. The first-order valence-electron chi connectivity index (χ1n) is 7.57. The zero-order valence-corrected chi connectivity index (χ0v) is 12.1. The molecule has 3 rings (SSSR count). The zero-order valence-electron chi connectivity index (χ0n) is 12.1. The van der Waals surface area contributed by atoms with Gasteiger partial charge in [-0.25, -0.2) is 0 Å². The molecule has 0 aliphatic heterocycles. The lowest BCUT2D eigenvalue weighted by Gasteiger charge is -2.10. The lowest BCUT2D eigenvalue weighted by Crippen LogP contribution is -2.21. The van der Waals surface area contributed by atoms with Crippen LogP contribution < -0.4 is 5.32 Å². The molecule has 0 spiro atoms. The van der Waals surface area contributed by atoms with E-state index in [-0.39, 0.29) is 0 Å². The number of rotatable bonds is 7. The molecule has 1 fully saturated rings. The van der Waals surface area contributed by atoms with Gasteiger partial charge in [-0.1, -0.05) is 37.3 Å². The number of hydrogen-bond donors (Lipinski definition) is 1. The number of nitrogens with zero attached hydrogens (tertiary/aromatic N) is 2. The van der Waals surface area contributed by atoms with E-state index in [4.69, 9.17) is 0 Å². The second-order valence-electron chi connectivity index (χ2n) is 5.98. The van der Waals surface area contributed by atoms with Gasteiger partial charge in [-0.3, -0.25) is 4.68 Å². The molecular weight excluding hydrogens is 246 g/mol. The maximum Gasteiger partial charge on any atom is 0.0659 e. The van der Waals surface area contributed by atoms with Crippen molar-refractivity contribution < 1.29 is 0 Å². The highest BCUT2D eigenvalue weighted by molar-refractivity contribution is 5.15. The molecule has 1 heterocycles. The highest BCUT2D eigenvalue weighted by Crippen LogP contribution is 2.36. The van der Waals surface area contributed by atoms with Crippen LogP contribution in [0.15, 0.2) is 42.7 Å². The van der Waals surface area contributed by atoms with Crippen LogP contribution in [-0.4, -0.2) is 16.3 Å². The number of hydrogen-bond acceptors (Lipinski definition) is 2. The van der Waals surface area contributed by atoms with Crippen molar-refractivity contribution in [3.05, 3.63) is 53.9 Å².